The van der Waals surface area contributed by atoms with Crippen LogP contribution in [-0.4, -0.2) is 230 Å². The molecule has 0 bridgehead atoms. The predicted molar refractivity (Wildman–Crippen MR) is 380 cm³/mol. The van der Waals surface area contributed by atoms with Crippen molar-refractivity contribution in [3.63, 3.8) is 0 Å². The standard InChI is InChI=1S/C24H26N2O5.C24H28N2O5.C23H26N2O5.C6H16Si/c27-23-22(9-10-25-11-13-29-14-12-25)26(16-31-23)24(28)30-15-21-19-7-3-1-5-17(19)18-6-2-4-8-20(18)21;1-25(22(23(27)28)10-11-26-12-14-30-15-13-26)24(29)31-16-21-19-8-4-2-6-17(19)18-7-3-5-9-20(18)21;26-22(27)21(9-10-25-11-13-29-14-12-25)24-23(28)30-15-20-18-7-3-1-5-16(18)17-6-2-4-8-19(17)20;1-4-7(5-2)6-3/h1-8,21-22H,9-16H2;2-9,21-22H,10-16H2,1H3,(H,27,28);1-8,20-21H,9-15H2,(H,24,28)(H,26,27);7H,4-6H2,1-3H3/t2*22-;21-;/m000./s1. The van der Waals surface area contributed by atoms with Crippen molar-refractivity contribution in [2.75, 3.05) is 132 Å². The second kappa shape index (κ2) is 36.6. The lowest BCUT2D eigenvalue weighted by molar-refractivity contribution is -0.143. The summed E-state index contributed by atoms with van der Waals surface area (Å²) in [5, 5.41) is 21.7. The van der Waals surface area contributed by atoms with Gasteiger partial charge in [0.1, 0.15) is 37.9 Å². The SMILES string of the molecule is CC[SiH](CC)CC.CN(C(=O)OCC1c2ccccc2-c2ccccc21)[C@@H](CCN1CCOCC1)C(=O)O.O=C(N[C@@H](CCN1CCOCC1)C(=O)O)OCC1c2ccccc2-c2ccccc21.O=C1OCN(C(=O)OCC2c3ccccc3-c3ccccc32)[C@H]1CCN1CCOCC1. The van der Waals surface area contributed by atoms with Crippen LogP contribution in [0.4, 0.5) is 14.4 Å². The molecule has 3 amide bonds. The van der Waals surface area contributed by atoms with Crippen molar-refractivity contribution in [3.8, 4) is 33.4 Å². The quantitative estimate of drug-likeness (QED) is 0.0325. The third kappa shape index (κ3) is 18.9. The van der Waals surface area contributed by atoms with Gasteiger partial charge in [-0.15, -0.1) is 0 Å². The van der Waals surface area contributed by atoms with E-state index >= 15 is 0 Å². The molecule has 0 unspecified atom stereocenters. The van der Waals surface area contributed by atoms with Gasteiger partial charge in [-0.3, -0.25) is 24.5 Å². The van der Waals surface area contributed by atoms with Crippen LogP contribution >= 0.6 is 0 Å². The Hall–Kier alpha value is -8.48. The van der Waals surface area contributed by atoms with Gasteiger partial charge in [-0.2, -0.15) is 0 Å². The molecule has 0 radical (unpaired) electrons. The topological polar surface area (TPSA) is 236 Å². The number of esters is 1. The van der Waals surface area contributed by atoms with Gasteiger partial charge in [-0.25, -0.2) is 28.8 Å². The number of ether oxygens (including phenoxy) is 7. The van der Waals surface area contributed by atoms with Crippen LogP contribution in [0.15, 0.2) is 146 Å². The predicted octanol–water partition coefficient (Wildman–Crippen LogP) is 10.9. The summed E-state index contributed by atoms with van der Waals surface area (Å²) in [5.41, 5.74) is 13.8. The fraction of sp³-hybridized carbons (Fsp3) is 0.455. The van der Waals surface area contributed by atoms with Crippen molar-refractivity contribution in [3.05, 3.63) is 179 Å². The molecule has 6 aromatic rings. The molecule has 0 aromatic heterocycles. The van der Waals surface area contributed by atoms with Crippen molar-refractivity contribution >= 4 is 45.0 Å². The number of morpholine rings is 3. The molecule has 4 aliphatic heterocycles. The number of rotatable bonds is 22. The minimum atomic E-state index is -1.06. The third-order valence-electron chi connectivity index (χ3n) is 20.1. The van der Waals surface area contributed by atoms with Gasteiger partial charge in [0.15, 0.2) is 6.73 Å². The Balaban J connectivity index is 0.000000153. The number of fused-ring (bicyclic) bond motifs is 9. The molecule has 4 saturated heterocycles. The van der Waals surface area contributed by atoms with Crippen LogP contribution in [0.5, 0.6) is 0 Å². The number of carbonyl (C=O) groups excluding carboxylic acids is 4. The first-order valence-electron chi connectivity index (χ1n) is 35.1. The Kier molecular flexibility index (Phi) is 27.0. The number of benzene rings is 6. The highest BCUT2D eigenvalue weighted by Gasteiger charge is 2.40. The van der Waals surface area contributed by atoms with E-state index < -0.39 is 48.3 Å². The Morgan fingerprint density at radius 3 is 1.22 bits per heavy atom. The van der Waals surface area contributed by atoms with E-state index in [0.717, 1.165) is 101 Å². The number of alkyl carbamates (subject to hydrolysis) is 1. The lowest BCUT2D eigenvalue weighted by Crippen LogP contribution is -2.46. The Labute approximate surface area is 582 Å². The van der Waals surface area contributed by atoms with Crippen molar-refractivity contribution in [2.45, 2.75) is 94.0 Å². The molecule has 4 fully saturated rings. The fourth-order valence-corrected chi connectivity index (χ4v) is 15.9. The van der Waals surface area contributed by atoms with E-state index in [4.69, 9.17) is 33.2 Å². The molecule has 0 spiro atoms. The average Bonchev–Trinajstić information content (AvgIpc) is 1.63. The number of aliphatic carboxylic acids is 2. The number of carboxylic acid groups (broad SMARTS) is 2. The minimum Gasteiger partial charge on any atom is -0.480 e. The number of nitrogens with one attached hydrogen (secondary N) is 1. The van der Waals surface area contributed by atoms with Gasteiger partial charge in [0.25, 0.3) is 0 Å². The number of nitrogens with zero attached hydrogens (tertiary/aromatic N) is 5. The van der Waals surface area contributed by atoms with Gasteiger partial charge in [0.2, 0.25) is 0 Å². The van der Waals surface area contributed by atoms with Crippen LogP contribution in [0.3, 0.4) is 0 Å². The van der Waals surface area contributed by atoms with Crippen molar-refractivity contribution < 1.29 is 72.1 Å². The number of hydrogen-bond acceptors (Lipinski definition) is 16. The molecule has 7 aliphatic rings. The van der Waals surface area contributed by atoms with Gasteiger partial charge < -0.3 is 48.7 Å². The lowest BCUT2D eigenvalue weighted by Gasteiger charge is -2.30. The zero-order chi connectivity index (χ0) is 69.6. The van der Waals surface area contributed by atoms with E-state index in [-0.39, 0.29) is 59.1 Å². The summed E-state index contributed by atoms with van der Waals surface area (Å²) in [7, 11) is 1.33. The van der Waals surface area contributed by atoms with Gasteiger partial charge >= 0.3 is 36.2 Å². The third-order valence-corrected chi connectivity index (χ3v) is 23.6. The number of carbonyl (C=O) groups is 6. The van der Waals surface area contributed by atoms with Crippen molar-refractivity contribution in [1.82, 2.24) is 29.8 Å². The molecule has 6 aromatic carbocycles. The largest absolute Gasteiger partial charge is 0.480 e. The van der Waals surface area contributed by atoms with Crippen LogP contribution in [0.1, 0.15) is 91.2 Å². The molecule has 99 heavy (non-hydrogen) atoms. The van der Waals surface area contributed by atoms with E-state index in [1.54, 1.807) is 0 Å². The Bertz CT molecular complexity index is 3510. The Morgan fingerprint density at radius 1 is 0.505 bits per heavy atom. The molecule has 3 aliphatic carbocycles. The summed E-state index contributed by atoms with van der Waals surface area (Å²) in [5.74, 6) is -2.56. The average molecular weight is 1370 g/mol. The molecule has 528 valence electrons. The highest BCUT2D eigenvalue weighted by Crippen LogP contribution is 2.47. The normalized spacial score (nSPS) is 17.8. The highest BCUT2D eigenvalue weighted by molar-refractivity contribution is 6.58. The van der Waals surface area contributed by atoms with Gasteiger partial charge in [-0.1, -0.05) is 184 Å². The zero-order valence-electron chi connectivity index (χ0n) is 57.5. The van der Waals surface area contributed by atoms with Crippen LogP contribution in [0, 0.1) is 0 Å². The van der Waals surface area contributed by atoms with Crippen LogP contribution in [0.2, 0.25) is 18.1 Å². The van der Waals surface area contributed by atoms with E-state index in [1.807, 2.05) is 84.9 Å². The van der Waals surface area contributed by atoms with Crippen LogP contribution in [0.25, 0.3) is 33.4 Å². The van der Waals surface area contributed by atoms with E-state index in [2.05, 4.69) is 101 Å². The first-order chi connectivity index (χ1) is 48.3. The zero-order valence-corrected chi connectivity index (χ0v) is 58.7. The fourth-order valence-electron chi connectivity index (χ4n) is 14.2. The summed E-state index contributed by atoms with van der Waals surface area (Å²) >= 11 is 0. The molecule has 22 heteroatoms. The smallest absolute Gasteiger partial charge is 0.413 e. The number of amides is 3. The summed E-state index contributed by atoms with van der Waals surface area (Å²) < 4.78 is 38.0. The minimum absolute atomic E-state index is 0.0117. The number of hydrogen-bond donors (Lipinski definition) is 3. The monoisotopic (exact) mass is 1370 g/mol. The van der Waals surface area contributed by atoms with Gasteiger partial charge in [-0.05, 0) is 86.0 Å². The summed E-state index contributed by atoms with van der Waals surface area (Å²) in [6.07, 6.45) is -0.624. The number of likely N-dealkylation sites (N-methyl/N-ethyl adjacent to an activating group) is 1. The molecular formula is C77H96N6O15Si. The molecular weight excluding hydrogens is 1280 g/mol. The maximum Gasteiger partial charge on any atom is 0.413 e. The van der Waals surface area contributed by atoms with Crippen LogP contribution < -0.4 is 5.32 Å². The maximum absolute atomic E-state index is 12.9. The molecule has 13 rings (SSSR count). The molecule has 3 atom stereocenters. The first kappa shape index (κ1) is 73.2. The highest BCUT2D eigenvalue weighted by atomic mass is 28.3. The molecule has 4 heterocycles. The molecule has 0 saturated carbocycles. The van der Waals surface area contributed by atoms with E-state index in [1.165, 1.54) is 46.1 Å². The second-order valence-corrected chi connectivity index (χ2v) is 30.0. The van der Waals surface area contributed by atoms with Gasteiger partial charge in [0.05, 0.1) is 39.6 Å². The second-order valence-electron chi connectivity index (χ2n) is 25.8. The summed E-state index contributed by atoms with van der Waals surface area (Å²) in [4.78, 5) is 82.7. The summed E-state index contributed by atoms with van der Waals surface area (Å²) in [6, 6.07) is 50.8. The summed E-state index contributed by atoms with van der Waals surface area (Å²) in [6.45, 7) is 18.2. The Morgan fingerprint density at radius 2 is 0.859 bits per heavy atom. The van der Waals surface area contributed by atoms with E-state index in [9.17, 15) is 39.0 Å². The van der Waals surface area contributed by atoms with Crippen LogP contribution in [-0.2, 0) is 47.5 Å². The number of carboxylic acids is 2. The first-order valence-corrected chi connectivity index (χ1v) is 37.5. The molecule has 3 N–H and O–H groups in total. The number of cyclic esters (lactones) is 1. The molecule has 21 nitrogen and oxygen atoms in total. The van der Waals surface area contributed by atoms with Crippen molar-refractivity contribution in [2.24, 2.45) is 0 Å². The maximum atomic E-state index is 12.9. The van der Waals surface area contributed by atoms with Gasteiger partial charge in [0, 0.05) is 92.5 Å². The lowest BCUT2D eigenvalue weighted by atomic mass is 9.98. The van der Waals surface area contributed by atoms with Crippen molar-refractivity contribution in [1.29, 1.82) is 0 Å². The van der Waals surface area contributed by atoms with E-state index in [0.29, 0.717) is 72.0 Å².